The Balaban J connectivity index is 2.00. The third kappa shape index (κ3) is 4.49. The van der Waals surface area contributed by atoms with Gasteiger partial charge in [-0.2, -0.15) is 13.2 Å². The Kier molecular flexibility index (Phi) is 4.85. The molecule has 0 fully saturated rings. The summed E-state index contributed by atoms with van der Waals surface area (Å²) < 4.78 is 38.2. The second-order valence-corrected chi connectivity index (χ2v) is 4.58. The van der Waals surface area contributed by atoms with Gasteiger partial charge in [-0.1, -0.05) is 47.1 Å². The first-order valence-electron chi connectivity index (χ1n) is 5.95. The highest BCUT2D eigenvalue weighted by molar-refractivity contribution is 6.30. The van der Waals surface area contributed by atoms with E-state index >= 15 is 0 Å². The van der Waals surface area contributed by atoms with Gasteiger partial charge in [0.2, 0.25) is 0 Å². The van der Waals surface area contributed by atoms with Crippen LogP contribution in [-0.4, -0.2) is 6.21 Å². The fraction of sp³-hybridized carbons (Fsp3) is 0.133. The molecule has 2 aromatic rings. The van der Waals surface area contributed by atoms with E-state index in [0.717, 1.165) is 11.6 Å². The summed E-state index contributed by atoms with van der Waals surface area (Å²) in [6, 6.07) is 11.9. The predicted molar refractivity (Wildman–Crippen MR) is 74.2 cm³/mol. The molecule has 2 nitrogen and oxygen atoms in total. The lowest BCUT2D eigenvalue weighted by atomic mass is 10.1. The maximum atomic E-state index is 12.7. The van der Waals surface area contributed by atoms with Crippen molar-refractivity contribution in [3.63, 3.8) is 0 Å². The van der Waals surface area contributed by atoms with E-state index < -0.39 is 11.7 Å². The highest BCUT2D eigenvalue weighted by Gasteiger charge is 2.32. The smallest absolute Gasteiger partial charge is 0.390 e. The van der Waals surface area contributed by atoms with E-state index in [9.17, 15) is 13.2 Å². The molecular weight excluding hydrogens is 303 g/mol. The molecule has 0 atom stereocenters. The van der Waals surface area contributed by atoms with Crippen LogP contribution in [0.3, 0.4) is 0 Å². The molecule has 0 saturated heterocycles. The molecule has 21 heavy (non-hydrogen) atoms. The molecule has 0 aliphatic rings. The lowest BCUT2D eigenvalue weighted by molar-refractivity contribution is -0.137. The number of halogens is 4. The summed E-state index contributed by atoms with van der Waals surface area (Å²) in [5.41, 5.74) is -0.168. The van der Waals surface area contributed by atoms with Crippen LogP contribution in [0.25, 0.3) is 0 Å². The molecule has 2 rings (SSSR count). The first kappa shape index (κ1) is 15.4. The fourth-order valence-corrected chi connectivity index (χ4v) is 1.72. The highest BCUT2D eigenvalue weighted by Crippen LogP contribution is 2.31. The van der Waals surface area contributed by atoms with Crippen molar-refractivity contribution in [3.8, 4) is 0 Å². The zero-order valence-electron chi connectivity index (χ0n) is 10.7. The monoisotopic (exact) mass is 312 g/mol. The van der Waals surface area contributed by atoms with Gasteiger partial charge in [0, 0.05) is 10.6 Å². The van der Waals surface area contributed by atoms with Crippen LogP contribution in [0.5, 0.6) is 0 Å². The highest BCUT2D eigenvalue weighted by atomic mass is 35.5. The molecule has 0 heterocycles. The van der Waals surface area contributed by atoms with Gasteiger partial charge in [-0.3, -0.25) is 0 Å². The first-order valence-corrected chi connectivity index (χ1v) is 6.33. The van der Waals surface area contributed by atoms with Crippen LogP contribution < -0.4 is 0 Å². The Morgan fingerprint density at radius 1 is 1.05 bits per heavy atom. The van der Waals surface area contributed by atoms with Gasteiger partial charge in [0.15, 0.2) is 0 Å². The minimum Gasteiger partial charge on any atom is -0.390 e. The summed E-state index contributed by atoms with van der Waals surface area (Å²) in [5.74, 6) is 0. The summed E-state index contributed by atoms with van der Waals surface area (Å²) in [5, 5.41) is 4.04. The average molecular weight is 313 g/mol. The van der Waals surface area contributed by atoms with E-state index in [4.69, 9.17) is 16.4 Å². The fourth-order valence-electron chi connectivity index (χ4n) is 1.60. The van der Waals surface area contributed by atoms with Crippen LogP contribution >= 0.6 is 11.6 Å². The van der Waals surface area contributed by atoms with Crippen LogP contribution in [0.4, 0.5) is 13.2 Å². The van der Waals surface area contributed by atoms with Gasteiger partial charge < -0.3 is 4.84 Å². The number of benzene rings is 2. The van der Waals surface area contributed by atoms with Crippen molar-refractivity contribution in [2.24, 2.45) is 5.16 Å². The van der Waals surface area contributed by atoms with Gasteiger partial charge in [0.25, 0.3) is 0 Å². The minimum absolute atomic E-state index is 0.123. The Morgan fingerprint density at radius 2 is 1.71 bits per heavy atom. The molecule has 0 bridgehead atoms. The summed E-state index contributed by atoms with van der Waals surface area (Å²) in [6.45, 7) is 0.123. The van der Waals surface area contributed by atoms with Gasteiger partial charge in [0.1, 0.15) is 12.8 Å². The molecule has 0 amide bonds. The van der Waals surface area contributed by atoms with E-state index in [1.54, 1.807) is 24.3 Å². The SMILES string of the molecule is FC(F)(F)c1ccccc1/[C]=N\OCc1ccc(Cl)cc1. The summed E-state index contributed by atoms with van der Waals surface area (Å²) >= 11 is 5.73. The molecule has 0 N–H and O–H groups in total. The van der Waals surface area contributed by atoms with Gasteiger partial charge >= 0.3 is 6.18 Å². The third-order valence-corrected chi connectivity index (χ3v) is 2.86. The van der Waals surface area contributed by atoms with E-state index in [1.807, 2.05) is 0 Å². The van der Waals surface area contributed by atoms with Crippen molar-refractivity contribution >= 4 is 17.8 Å². The topological polar surface area (TPSA) is 21.6 Å². The van der Waals surface area contributed by atoms with Crippen LogP contribution in [0.2, 0.25) is 5.02 Å². The van der Waals surface area contributed by atoms with Crippen LogP contribution in [0.1, 0.15) is 16.7 Å². The second kappa shape index (κ2) is 6.63. The molecular formula is C15H10ClF3NO. The zero-order chi connectivity index (χ0) is 15.3. The zero-order valence-corrected chi connectivity index (χ0v) is 11.4. The van der Waals surface area contributed by atoms with Crippen LogP contribution in [-0.2, 0) is 17.6 Å². The molecule has 0 aliphatic carbocycles. The van der Waals surface area contributed by atoms with Crippen molar-refractivity contribution < 1.29 is 18.0 Å². The Hall–Kier alpha value is -2.01. The number of hydrogen-bond donors (Lipinski definition) is 0. The van der Waals surface area contributed by atoms with Crippen molar-refractivity contribution in [1.29, 1.82) is 0 Å². The molecule has 2 aromatic carbocycles. The van der Waals surface area contributed by atoms with E-state index in [0.29, 0.717) is 5.02 Å². The molecule has 0 aliphatic heterocycles. The maximum Gasteiger partial charge on any atom is 0.417 e. The van der Waals surface area contributed by atoms with Gasteiger partial charge in [-0.15, -0.1) is 0 Å². The van der Waals surface area contributed by atoms with Gasteiger partial charge in [-0.25, -0.2) is 0 Å². The Morgan fingerprint density at radius 3 is 2.38 bits per heavy atom. The molecule has 0 aromatic heterocycles. The van der Waals surface area contributed by atoms with E-state index in [-0.39, 0.29) is 12.2 Å². The van der Waals surface area contributed by atoms with Crippen LogP contribution in [0, 0.1) is 0 Å². The summed E-state index contributed by atoms with van der Waals surface area (Å²) in [4.78, 5) is 4.93. The average Bonchev–Trinajstić information content (AvgIpc) is 2.45. The molecule has 0 saturated carbocycles. The first-order chi connectivity index (χ1) is 9.97. The van der Waals surface area contributed by atoms with Crippen molar-refractivity contribution in [2.75, 3.05) is 0 Å². The maximum absolute atomic E-state index is 12.7. The summed E-state index contributed by atoms with van der Waals surface area (Å²) in [6.07, 6.45) is -2.19. The predicted octanol–water partition coefficient (Wildman–Crippen LogP) is 4.79. The van der Waals surface area contributed by atoms with Crippen molar-refractivity contribution in [2.45, 2.75) is 12.8 Å². The summed E-state index contributed by atoms with van der Waals surface area (Å²) in [7, 11) is 0. The Labute approximate surface area is 124 Å². The van der Waals surface area contributed by atoms with Crippen molar-refractivity contribution in [1.82, 2.24) is 0 Å². The molecule has 1 radical (unpaired) electrons. The normalized spacial score (nSPS) is 11.8. The second-order valence-electron chi connectivity index (χ2n) is 4.15. The number of nitrogens with zero attached hydrogens (tertiary/aromatic N) is 1. The minimum atomic E-state index is -4.45. The molecule has 6 heteroatoms. The molecule has 0 spiro atoms. The van der Waals surface area contributed by atoms with Gasteiger partial charge in [0.05, 0.1) is 5.56 Å². The standard InChI is InChI=1S/C15H10ClF3NO/c16-13-7-5-11(6-8-13)10-21-20-9-12-3-1-2-4-14(12)15(17,18)19/h1-8H,10H2. The van der Waals surface area contributed by atoms with Crippen molar-refractivity contribution in [3.05, 3.63) is 70.2 Å². The van der Waals surface area contributed by atoms with E-state index in [2.05, 4.69) is 11.4 Å². The van der Waals surface area contributed by atoms with E-state index in [1.165, 1.54) is 18.2 Å². The largest absolute Gasteiger partial charge is 0.417 e. The lowest BCUT2D eigenvalue weighted by Crippen LogP contribution is -2.08. The third-order valence-electron chi connectivity index (χ3n) is 2.61. The lowest BCUT2D eigenvalue weighted by Gasteiger charge is -2.08. The molecule has 109 valence electrons. The quantitative estimate of drug-likeness (QED) is 0.588. The number of alkyl halides is 3. The molecule has 0 unspecified atom stereocenters. The van der Waals surface area contributed by atoms with Gasteiger partial charge in [-0.05, 0) is 23.8 Å². The number of rotatable bonds is 4. The van der Waals surface area contributed by atoms with Crippen LogP contribution in [0.15, 0.2) is 53.7 Å². The number of hydrogen-bond acceptors (Lipinski definition) is 2. The Bertz CT molecular complexity index is 624.